The largest absolute Gasteiger partial charge is 0.464 e. The van der Waals surface area contributed by atoms with Gasteiger partial charge in [0.15, 0.2) is 11.5 Å². The number of furan rings is 1. The molecule has 0 aliphatic heterocycles. The molecule has 0 N–H and O–H groups in total. The van der Waals surface area contributed by atoms with Crippen LogP contribution in [0.1, 0.15) is 10.5 Å². The van der Waals surface area contributed by atoms with Crippen molar-refractivity contribution >= 4 is 5.97 Å². The van der Waals surface area contributed by atoms with E-state index in [1.54, 1.807) is 23.1 Å². The van der Waals surface area contributed by atoms with Gasteiger partial charge in [-0.3, -0.25) is 0 Å². The smallest absolute Gasteiger partial charge is 0.358 e. The summed E-state index contributed by atoms with van der Waals surface area (Å²) >= 11 is 0. The summed E-state index contributed by atoms with van der Waals surface area (Å²) in [7, 11) is 1.33. The summed E-state index contributed by atoms with van der Waals surface area (Å²) in [5, 5.41) is 4.29. The first kappa shape index (κ1) is 12.2. The molecule has 100 valence electrons. The van der Waals surface area contributed by atoms with Gasteiger partial charge in [-0.25, -0.2) is 9.48 Å². The van der Waals surface area contributed by atoms with Crippen LogP contribution in [0.25, 0.3) is 17.1 Å². The van der Waals surface area contributed by atoms with Crippen molar-refractivity contribution in [3.05, 3.63) is 60.5 Å². The second-order valence-corrected chi connectivity index (χ2v) is 4.13. The number of para-hydroxylation sites is 1. The van der Waals surface area contributed by atoms with E-state index >= 15 is 0 Å². The minimum absolute atomic E-state index is 0.239. The summed E-state index contributed by atoms with van der Waals surface area (Å²) in [6.07, 6.45) is 1.58. The molecule has 3 rings (SSSR count). The number of hydrogen-bond donors (Lipinski definition) is 0. The van der Waals surface area contributed by atoms with Gasteiger partial charge in [-0.2, -0.15) is 5.10 Å². The van der Waals surface area contributed by atoms with Crippen LogP contribution >= 0.6 is 0 Å². The topological polar surface area (TPSA) is 57.3 Å². The molecule has 5 nitrogen and oxygen atoms in total. The fourth-order valence-corrected chi connectivity index (χ4v) is 1.95. The lowest BCUT2D eigenvalue weighted by Gasteiger charge is -2.04. The van der Waals surface area contributed by atoms with Crippen LogP contribution in [0, 0.1) is 0 Å². The standard InChI is InChI=1S/C15H12N2O3/c1-19-15(18)12-10-13(14-8-5-9-20-14)17(16-12)11-6-3-2-4-7-11/h2-10H,1H3. The molecule has 0 aliphatic carbocycles. The first-order valence-electron chi connectivity index (χ1n) is 6.07. The summed E-state index contributed by atoms with van der Waals surface area (Å²) in [5.41, 5.74) is 1.78. The number of carbonyl (C=O) groups excluding carboxylic acids is 1. The summed E-state index contributed by atoms with van der Waals surface area (Å²) in [4.78, 5) is 11.7. The van der Waals surface area contributed by atoms with Crippen molar-refractivity contribution in [3.8, 4) is 17.1 Å². The van der Waals surface area contributed by atoms with E-state index in [1.807, 2.05) is 36.4 Å². The molecule has 20 heavy (non-hydrogen) atoms. The maximum atomic E-state index is 11.7. The number of carbonyl (C=O) groups is 1. The number of benzene rings is 1. The molecule has 0 amide bonds. The fraction of sp³-hybridized carbons (Fsp3) is 0.0667. The molecule has 1 aromatic carbocycles. The highest BCUT2D eigenvalue weighted by atomic mass is 16.5. The molecule has 2 aromatic heterocycles. The summed E-state index contributed by atoms with van der Waals surface area (Å²) in [5.74, 6) is 0.156. The van der Waals surface area contributed by atoms with Gasteiger partial charge in [0.2, 0.25) is 0 Å². The van der Waals surface area contributed by atoms with E-state index in [-0.39, 0.29) is 5.69 Å². The van der Waals surface area contributed by atoms with E-state index in [9.17, 15) is 4.79 Å². The average molecular weight is 268 g/mol. The fourth-order valence-electron chi connectivity index (χ4n) is 1.95. The number of aromatic nitrogens is 2. The molecule has 0 saturated carbocycles. The summed E-state index contributed by atoms with van der Waals surface area (Å²) in [6.45, 7) is 0. The average Bonchev–Trinajstić information content (AvgIpc) is 3.16. The Morgan fingerprint density at radius 3 is 2.65 bits per heavy atom. The van der Waals surface area contributed by atoms with Crippen LogP contribution in [-0.2, 0) is 4.74 Å². The van der Waals surface area contributed by atoms with Gasteiger partial charge in [0, 0.05) is 6.07 Å². The van der Waals surface area contributed by atoms with Gasteiger partial charge < -0.3 is 9.15 Å². The zero-order valence-electron chi connectivity index (χ0n) is 10.8. The van der Waals surface area contributed by atoms with Crippen molar-refractivity contribution < 1.29 is 13.9 Å². The maximum absolute atomic E-state index is 11.7. The van der Waals surface area contributed by atoms with Crippen molar-refractivity contribution in [2.75, 3.05) is 7.11 Å². The highest BCUT2D eigenvalue weighted by Gasteiger charge is 2.18. The number of esters is 1. The second kappa shape index (κ2) is 5.05. The number of methoxy groups -OCH3 is 1. The van der Waals surface area contributed by atoms with Gasteiger partial charge in [-0.1, -0.05) is 18.2 Å². The Morgan fingerprint density at radius 1 is 1.20 bits per heavy atom. The highest BCUT2D eigenvalue weighted by molar-refractivity contribution is 5.88. The highest BCUT2D eigenvalue weighted by Crippen LogP contribution is 2.24. The molecular weight excluding hydrogens is 256 g/mol. The number of rotatable bonds is 3. The normalized spacial score (nSPS) is 10.4. The zero-order chi connectivity index (χ0) is 13.9. The third kappa shape index (κ3) is 2.09. The Kier molecular flexibility index (Phi) is 3.09. The molecule has 3 aromatic rings. The van der Waals surface area contributed by atoms with Crippen LogP contribution in [0.3, 0.4) is 0 Å². The quantitative estimate of drug-likeness (QED) is 0.685. The summed E-state index contributed by atoms with van der Waals surface area (Å²) in [6, 6.07) is 14.8. The molecule has 0 bridgehead atoms. The Balaban J connectivity index is 2.17. The second-order valence-electron chi connectivity index (χ2n) is 4.13. The lowest BCUT2D eigenvalue weighted by atomic mass is 10.2. The van der Waals surface area contributed by atoms with Gasteiger partial charge in [-0.15, -0.1) is 0 Å². The van der Waals surface area contributed by atoms with Crippen LogP contribution in [-0.4, -0.2) is 22.9 Å². The molecule has 0 fully saturated rings. The third-order valence-electron chi connectivity index (χ3n) is 2.88. The number of nitrogens with zero attached hydrogens (tertiary/aromatic N) is 2. The van der Waals surface area contributed by atoms with Gasteiger partial charge in [0.25, 0.3) is 0 Å². The molecule has 2 heterocycles. The lowest BCUT2D eigenvalue weighted by molar-refractivity contribution is 0.0593. The summed E-state index contributed by atoms with van der Waals surface area (Å²) < 4.78 is 11.8. The minimum Gasteiger partial charge on any atom is -0.464 e. The van der Waals surface area contributed by atoms with Gasteiger partial charge in [0.05, 0.1) is 19.1 Å². The van der Waals surface area contributed by atoms with Crippen molar-refractivity contribution in [2.24, 2.45) is 0 Å². The molecule has 0 radical (unpaired) electrons. The van der Waals surface area contributed by atoms with Crippen molar-refractivity contribution in [1.29, 1.82) is 0 Å². The monoisotopic (exact) mass is 268 g/mol. The van der Waals surface area contributed by atoms with Gasteiger partial charge in [-0.05, 0) is 24.3 Å². The maximum Gasteiger partial charge on any atom is 0.358 e. The lowest BCUT2D eigenvalue weighted by Crippen LogP contribution is -2.04. The Bertz CT molecular complexity index is 715. The Morgan fingerprint density at radius 2 is 2.00 bits per heavy atom. The van der Waals surface area contributed by atoms with E-state index in [0.29, 0.717) is 11.5 Å². The van der Waals surface area contributed by atoms with E-state index in [1.165, 1.54) is 7.11 Å². The van der Waals surface area contributed by atoms with Crippen molar-refractivity contribution in [1.82, 2.24) is 9.78 Å². The molecular formula is C15H12N2O3. The first-order chi connectivity index (χ1) is 9.79. The SMILES string of the molecule is COC(=O)c1cc(-c2ccco2)n(-c2ccccc2)n1. The van der Waals surface area contributed by atoms with Crippen molar-refractivity contribution in [2.45, 2.75) is 0 Å². The Hall–Kier alpha value is -2.82. The predicted octanol–water partition coefficient (Wildman–Crippen LogP) is 2.92. The number of ether oxygens (including phenoxy) is 1. The minimum atomic E-state index is -0.479. The van der Waals surface area contributed by atoms with Crippen LogP contribution in [0.2, 0.25) is 0 Å². The molecule has 5 heteroatoms. The zero-order valence-corrected chi connectivity index (χ0v) is 10.8. The molecule has 0 spiro atoms. The van der Waals surface area contributed by atoms with Crippen LogP contribution < -0.4 is 0 Å². The predicted molar refractivity (Wildman–Crippen MR) is 72.6 cm³/mol. The van der Waals surface area contributed by atoms with Crippen LogP contribution in [0.4, 0.5) is 0 Å². The van der Waals surface area contributed by atoms with Crippen molar-refractivity contribution in [3.63, 3.8) is 0 Å². The molecule has 0 saturated heterocycles. The Labute approximate surface area is 115 Å². The first-order valence-corrected chi connectivity index (χ1v) is 6.07. The van der Waals surface area contributed by atoms with Crippen LogP contribution in [0.15, 0.2) is 59.2 Å². The van der Waals surface area contributed by atoms with E-state index < -0.39 is 5.97 Å². The van der Waals surface area contributed by atoms with Gasteiger partial charge in [0.1, 0.15) is 5.69 Å². The van der Waals surface area contributed by atoms with E-state index in [0.717, 1.165) is 5.69 Å². The van der Waals surface area contributed by atoms with E-state index in [2.05, 4.69) is 5.10 Å². The van der Waals surface area contributed by atoms with E-state index in [4.69, 9.17) is 9.15 Å². The molecule has 0 aliphatic rings. The van der Waals surface area contributed by atoms with Gasteiger partial charge >= 0.3 is 5.97 Å². The van der Waals surface area contributed by atoms with Crippen LogP contribution in [0.5, 0.6) is 0 Å². The molecule has 0 unspecified atom stereocenters. The third-order valence-corrected chi connectivity index (χ3v) is 2.88. The molecule has 0 atom stereocenters. The number of hydrogen-bond acceptors (Lipinski definition) is 4.